The minimum Gasteiger partial charge on any atom is -0.467 e. The van der Waals surface area contributed by atoms with Gasteiger partial charge in [-0.1, -0.05) is 36.4 Å². The minimum absolute atomic E-state index is 0.0196. The first-order valence-corrected chi connectivity index (χ1v) is 11.6. The average molecular weight is 484 g/mol. The number of nitro groups is 1. The predicted octanol–water partition coefficient (Wildman–Crippen LogP) is 3.30. The highest BCUT2D eigenvalue weighted by atomic mass is 32.2. The van der Waals surface area contributed by atoms with Crippen LogP contribution in [0.25, 0.3) is 0 Å². The largest absolute Gasteiger partial charge is 0.467 e. The number of fused-ring (bicyclic) bond motifs is 1. The van der Waals surface area contributed by atoms with Crippen molar-refractivity contribution in [1.82, 2.24) is 4.72 Å². The van der Waals surface area contributed by atoms with E-state index < -0.39 is 20.9 Å². The predicted molar refractivity (Wildman–Crippen MR) is 119 cm³/mol. The molecule has 1 N–H and O–H groups in total. The third-order valence-electron chi connectivity index (χ3n) is 5.03. The number of hydrogen-bond donors (Lipinski definition) is 1. The Bertz CT molecular complexity index is 1330. The van der Waals surface area contributed by atoms with E-state index in [9.17, 15) is 23.3 Å². The van der Waals surface area contributed by atoms with E-state index in [1.807, 2.05) is 6.07 Å². The number of ether oxygens (including phenoxy) is 3. The number of hydrogen-bond acceptors (Lipinski definition) is 8. The topological polar surface area (TPSA) is 134 Å². The van der Waals surface area contributed by atoms with E-state index in [1.165, 1.54) is 36.4 Å². The molecular formula is C23H20N2O8S. The Morgan fingerprint density at radius 2 is 1.88 bits per heavy atom. The number of esters is 1. The van der Waals surface area contributed by atoms with Gasteiger partial charge in [0.1, 0.15) is 12.4 Å². The molecule has 34 heavy (non-hydrogen) atoms. The zero-order chi connectivity index (χ0) is 24.1. The molecule has 10 nitrogen and oxygen atoms in total. The van der Waals surface area contributed by atoms with E-state index in [2.05, 4.69) is 4.72 Å². The van der Waals surface area contributed by atoms with E-state index in [0.717, 1.165) is 5.56 Å². The fraction of sp³-hybridized carbons (Fsp3) is 0.174. The molecule has 1 aliphatic heterocycles. The Hall–Kier alpha value is -3.80. The number of carbonyl (C=O) groups is 1. The van der Waals surface area contributed by atoms with Gasteiger partial charge >= 0.3 is 5.97 Å². The first kappa shape index (κ1) is 23.4. The number of non-ortho nitro benzene ring substituents is 1. The second-order valence-corrected chi connectivity index (χ2v) is 9.14. The highest BCUT2D eigenvalue weighted by Crippen LogP contribution is 2.33. The maximum Gasteiger partial charge on any atom is 0.338 e. The summed E-state index contributed by atoms with van der Waals surface area (Å²) in [7, 11) is -3.88. The molecular weight excluding hydrogens is 464 g/mol. The normalized spacial score (nSPS) is 12.9. The highest BCUT2D eigenvalue weighted by Gasteiger charge is 2.22. The molecule has 1 aliphatic rings. The second kappa shape index (κ2) is 10.00. The molecule has 3 aromatic carbocycles. The van der Waals surface area contributed by atoms with Crippen LogP contribution in [-0.4, -0.2) is 26.1 Å². The van der Waals surface area contributed by atoms with Gasteiger partial charge < -0.3 is 14.2 Å². The summed E-state index contributed by atoms with van der Waals surface area (Å²) in [6.07, 6.45) is 0. The molecule has 11 heteroatoms. The highest BCUT2D eigenvalue weighted by molar-refractivity contribution is 7.89. The van der Waals surface area contributed by atoms with Gasteiger partial charge in [0, 0.05) is 29.8 Å². The van der Waals surface area contributed by atoms with Gasteiger partial charge in [0.2, 0.25) is 10.0 Å². The molecule has 4 rings (SSSR count). The van der Waals surface area contributed by atoms with Crippen molar-refractivity contribution in [2.45, 2.75) is 24.7 Å². The number of sulfonamides is 1. The number of nitrogens with one attached hydrogen (secondary N) is 1. The van der Waals surface area contributed by atoms with Gasteiger partial charge in [0.15, 0.2) is 6.79 Å². The van der Waals surface area contributed by atoms with Crippen molar-refractivity contribution < 1.29 is 32.3 Å². The van der Waals surface area contributed by atoms with Crippen LogP contribution in [0.5, 0.6) is 5.75 Å². The van der Waals surface area contributed by atoms with Gasteiger partial charge in [-0.25, -0.2) is 17.9 Å². The number of carbonyl (C=O) groups excluding carboxylic acids is 1. The number of rotatable bonds is 8. The Morgan fingerprint density at radius 3 is 2.65 bits per heavy atom. The molecule has 0 aromatic heterocycles. The van der Waals surface area contributed by atoms with Crippen LogP contribution in [0.15, 0.2) is 71.6 Å². The van der Waals surface area contributed by atoms with Gasteiger partial charge in [0.05, 0.1) is 22.0 Å². The molecule has 0 amide bonds. The first-order valence-electron chi connectivity index (χ1n) is 10.1. The van der Waals surface area contributed by atoms with E-state index >= 15 is 0 Å². The smallest absolute Gasteiger partial charge is 0.338 e. The van der Waals surface area contributed by atoms with E-state index in [4.69, 9.17) is 14.2 Å². The van der Waals surface area contributed by atoms with Crippen molar-refractivity contribution in [2.75, 3.05) is 6.79 Å². The van der Waals surface area contributed by atoms with Crippen molar-refractivity contribution in [3.63, 3.8) is 0 Å². The maximum absolute atomic E-state index is 12.7. The van der Waals surface area contributed by atoms with Crippen molar-refractivity contribution in [3.8, 4) is 5.75 Å². The fourth-order valence-electron chi connectivity index (χ4n) is 3.37. The maximum atomic E-state index is 12.7. The van der Waals surface area contributed by atoms with Crippen molar-refractivity contribution in [1.29, 1.82) is 0 Å². The molecule has 0 unspecified atom stereocenters. The van der Waals surface area contributed by atoms with Gasteiger partial charge in [0.25, 0.3) is 5.69 Å². The summed E-state index contributed by atoms with van der Waals surface area (Å²) in [4.78, 5) is 23.2. The summed E-state index contributed by atoms with van der Waals surface area (Å²) in [5, 5.41) is 11.2. The van der Waals surface area contributed by atoms with Crippen LogP contribution in [0.1, 0.15) is 27.0 Å². The third-order valence-corrected chi connectivity index (χ3v) is 6.43. The summed E-state index contributed by atoms with van der Waals surface area (Å²) in [6.45, 7) is -0.0962. The number of nitro benzene ring substituents is 1. The molecule has 0 fully saturated rings. The van der Waals surface area contributed by atoms with Crippen LogP contribution in [0.4, 0.5) is 5.69 Å². The molecule has 3 aromatic rings. The summed E-state index contributed by atoms with van der Waals surface area (Å²) >= 11 is 0. The van der Waals surface area contributed by atoms with Gasteiger partial charge in [-0.05, 0) is 23.8 Å². The molecule has 0 saturated carbocycles. The van der Waals surface area contributed by atoms with Gasteiger partial charge in [-0.3, -0.25) is 10.1 Å². The lowest BCUT2D eigenvalue weighted by Gasteiger charge is -2.20. The second-order valence-electron chi connectivity index (χ2n) is 7.38. The summed E-state index contributed by atoms with van der Waals surface area (Å²) in [5.41, 5.74) is 1.41. The molecule has 0 spiro atoms. The lowest BCUT2D eigenvalue weighted by Crippen LogP contribution is -2.23. The van der Waals surface area contributed by atoms with Gasteiger partial charge in [-0.2, -0.15) is 0 Å². The molecule has 0 aliphatic carbocycles. The molecule has 0 saturated heterocycles. The molecule has 1 heterocycles. The van der Waals surface area contributed by atoms with Crippen molar-refractivity contribution in [3.05, 3.63) is 99.1 Å². The fourth-order valence-corrected chi connectivity index (χ4v) is 4.43. The number of nitrogens with zero attached hydrogens (tertiary/aromatic N) is 1. The Labute approximate surface area is 195 Å². The van der Waals surface area contributed by atoms with Crippen LogP contribution in [0, 0.1) is 10.1 Å². The molecule has 176 valence electrons. The lowest BCUT2D eigenvalue weighted by molar-refractivity contribution is -0.385. The monoisotopic (exact) mass is 484 g/mol. The van der Waals surface area contributed by atoms with E-state index in [-0.39, 0.29) is 42.7 Å². The average Bonchev–Trinajstić information content (AvgIpc) is 2.86. The summed E-state index contributed by atoms with van der Waals surface area (Å²) < 4.78 is 43.7. The van der Waals surface area contributed by atoms with Crippen LogP contribution < -0.4 is 9.46 Å². The van der Waals surface area contributed by atoms with Crippen LogP contribution in [0.2, 0.25) is 0 Å². The van der Waals surface area contributed by atoms with Crippen molar-refractivity contribution in [2.24, 2.45) is 0 Å². The lowest BCUT2D eigenvalue weighted by atomic mass is 10.1. The zero-order valence-corrected chi connectivity index (χ0v) is 18.6. The number of benzene rings is 3. The van der Waals surface area contributed by atoms with Gasteiger partial charge in [-0.15, -0.1) is 0 Å². The summed E-state index contributed by atoms with van der Waals surface area (Å²) in [5.74, 6) is -0.418. The van der Waals surface area contributed by atoms with Crippen LogP contribution in [-0.2, 0) is 39.3 Å². The van der Waals surface area contributed by atoms with E-state index in [1.54, 1.807) is 24.3 Å². The minimum atomic E-state index is -3.88. The standard InChI is InChI=1S/C23H20N2O8S/c26-23(32-14-19-10-20(25(27)28)9-18-13-31-15-33-22(18)19)17-7-4-8-21(11-17)34(29,30)24-12-16-5-2-1-3-6-16/h1-11,24H,12-15H2. The quantitative estimate of drug-likeness (QED) is 0.292. The Balaban J connectivity index is 1.48. The molecule has 0 radical (unpaired) electrons. The van der Waals surface area contributed by atoms with Crippen LogP contribution in [0.3, 0.4) is 0 Å². The first-order chi connectivity index (χ1) is 16.3. The SMILES string of the molecule is O=C(OCc1cc([N+](=O)[O-])cc2c1OCOC2)c1cccc(S(=O)(=O)NCc2ccccc2)c1. The Kier molecular flexibility index (Phi) is 6.87. The molecule has 0 atom stereocenters. The summed E-state index contributed by atoms with van der Waals surface area (Å²) in [6, 6.07) is 17.1. The van der Waals surface area contributed by atoms with Crippen LogP contribution >= 0.6 is 0 Å². The third kappa shape index (κ3) is 5.39. The van der Waals surface area contributed by atoms with E-state index in [0.29, 0.717) is 16.9 Å². The Morgan fingerprint density at radius 1 is 1.09 bits per heavy atom. The molecule has 0 bridgehead atoms. The zero-order valence-electron chi connectivity index (χ0n) is 17.8. The van der Waals surface area contributed by atoms with Crippen molar-refractivity contribution >= 4 is 21.7 Å².